The normalized spacial score (nSPS) is 11.8. The van der Waals surface area contributed by atoms with E-state index in [1.165, 1.54) is 12.4 Å². The summed E-state index contributed by atoms with van der Waals surface area (Å²) in [7, 11) is 1.54. The van der Waals surface area contributed by atoms with Gasteiger partial charge in [-0.05, 0) is 24.1 Å². The Balaban J connectivity index is 2.19. The number of nitrogens with zero attached hydrogens (tertiary/aromatic N) is 3. The number of hydrogen-bond donors (Lipinski definition) is 4. The highest BCUT2D eigenvalue weighted by Crippen LogP contribution is 2.22. The standard InChI is InChI=1S/C15H16F3N7S/c1-21-5-8(4-19)24-15-23-7-13(18)14(25-15)22-6-10-11(16)2-9(26-20)3-12(10)17/h2-5,7H,6,19-20H2,1H3,(H2,22,23,24,25). The van der Waals surface area contributed by atoms with Crippen molar-refractivity contribution in [2.24, 2.45) is 15.9 Å². The summed E-state index contributed by atoms with van der Waals surface area (Å²) in [6, 6.07) is 2.19. The van der Waals surface area contributed by atoms with Crippen molar-refractivity contribution in [3.63, 3.8) is 0 Å². The van der Waals surface area contributed by atoms with Crippen molar-refractivity contribution in [2.45, 2.75) is 11.4 Å². The molecular formula is C15H16F3N7S. The predicted octanol–water partition coefficient (Wildman–Crippen LogP) is 2.38. The van der Waals surface area contributed by atoms with E-state index in [9.17, 15) is 13.2 Å². The zero-order chi connectivity index (χ0) is 19.1. The van der Waals surface area contributed by atoms with Crippen molar-refractivity contribution in [3.8, 4) is 0 Å². The molecule has 0 radical (unpaired) electrons. The number of nitrogens with two attached hydrogens (primary N) is 2. The van der Waals surface area contributed by atoms with Gasteiger partial charge in [0.15, 0.2) is 11.6 Å². The van der Waals surface area contributed by atoms with E-state index in [0.29, 0.717) is 5.70 Å². The highest BCUT2D eigenvalue weighted by Gasteiger charge is 2.13. The van der Waals surface area contributed by atoms with Crippen molar-refractivity contribution in [2.75, 3.05) is 17.7 Å². The zero-order valence-electron chi connectivity index (χ0n) is 13.6. The van der Waals surface area contributed by atoms with Crippen LogP contribution < -0.4 is 21.5 Å². The molecule has 0 bridgehead atoms. The van der Waals surface area contributed by atoms with Gasteiger partial charge in [0.1, 0.15) is 11.6 Å². The lowest BCUT2D eigenvalue weighted by Gasteiger charge is -2.11. The monoisotopic (exact) mass is 383 g/mol. The molecule has 1 aromatic carbocycles. The summed E-state index contributed by atoms with van der Waals surface area (Å²) in [5.41, 5.74) is 5.53. The van der Waals surface area contributed by atoms with E-state index in [4.69, 9.17) is 10.9 Å². The van der Waals surface area contributed by atoms with Crippen LogP contribution in [0.2, 0.25) is 0 Å². The molecule has 0 spiro atoms. The quantitative estimate of drug-likeness (QED) is 0.429. The summed E-state index contributed by atoms with van der Waals surface area (Å²) in [6.07, 6.45) is 3.56. The third kappa shape index (κ3) is 4.86. The fourth-order valence-electron chi connectivity index (χ4n) is 1.93. The third-order valence-corrected chi connectivity index (χ3v) is 3.64. The van der Waals surface area contributed by atoms with Crippen LogP contribution in [0, 0.1) is 17.5 Å². The van der Waals surface area contributed by atoms with E-state index >= 15 is 0 Å². The molecule has 0 fully saturated rings. The first-order chi connectivity index (χ1) is 12.5. The molecule has 11 heteroatoms. The van der Waals surface area contributed by atoms with Crippen LogP contribution in [0.15, 0.2) is 40.1 Å². The molecule has 1 heterocycles. The zero-order valence-corrected chi connectivity index (χ0v) is 14.4. The summed E-state index contributed by atoms with van der Waals surface area (Å²) in [6.45, 7) is -0.323. The van der Waals surface area contributed by atoms with Crippen LogP contribution in [-0.4, -0.2) is 23.2 Å². The molecule has 0 unspecified atom stereocenters. The maximum Gasteiger partial charge on any atom is 0.229 e. The van der Waals surface area contributed by atoms with E-state index in [1.54, 1.807) is 7.05 Å². The molecule has 0 saturated heterocycles. The first kappa shape index (κ1) is 19.5. The highest BCUT2D eigenvalue weighted by molar-refractivity contribution is 7.97. The fourth-order valence-corrected chi connectivity index (χ4v) is 2.27. The Labute approximate surface area is 151 Å². The molecule has 0 aliphatic carbocycles. The predicted molar refractivity (Wildman–Crippen MR) is 96.0 cm³/mol. The van der Waals surface area contributed by atoms with Crippen LogP contribution in [0.5, 0.6) is 0 Å². The Morgan fingerprint density at radius 3 is 2.54 bits per heavy atom. The van der Waals surface area contributed by atoms with Crippen molar-refractivity contribution in [3.05, 3.63) is 53.2 Å². The lowest BCUT2D eigenvalue weighted by Crippen LogP contribution is -2.11. The molecule has 26 heavy (non-hydrogen) atoms. The maximum absolute atomic E-state index is 14.0. The number of allylic oxidation sites excluding steroid dienone is 1. The average molecular weight is 383 g/mol. The van der Waals surface area contributed by atoms with Crippen molar-refractivity contribution < 1.29 is 13.2 Å². The van der Waals surface area contributed by atoms with Crippen molar-refractivity contribution in [1.82, 2.24) is 9.97 Å². The van der Waals surface area contributed by atoms with Crippen LogP contribution in [0.4, 0.5) is 24.9 Å². The molecule has 138 valence electrons. The minimum atomic E-state index is -0.800. The Morgan fingerprint density at radius 1 is 1.27 bits per heavy atom. The van der Waals surface area contributed by atoms with E-state index in [-0.39, 0.29) is 28.8 Å². The molecule has 2 aromatic rings. The molecule has 1 aromatic heterocycles. The Kier molecular flexibility index (Phi) is 6.81. The van der Waals surface area contributed by atoms with Gasteiger partial charge in [0, 0.05) is 36.5 Å². The van der Waals surface area contributed by atoms with Gasteiger partial charge in [0.25, 0.3) is 0 Å². The summed E-state index contributed by atoms with van der Waals surface area (Å²) in [4.78, 5) is 11.7. The van der Waals surface area contributed by atoms with E-state index < -0.39 is 17.5 Å². The number of aromatic nitrogens is 2. The first-order valence-electron chi connectivity index (χ1n) is 7.20. The second-order valence-electron chi connectivity index (χ2n) is 4.86. The molecule has 7 nitrogen and oxygen atoms in total. The molecule has 0 aliphatic heterocycles. The number of halogens is 3. The summed E-state index contributed by atoms with van der Waals surface area (Å²) >= 11 is 0.721. The number of nitrogens with one attached hydrogen (secondary N) is 2. The minimum absolute atomic E-state index is 0.0290. The first-order valence-corrected chi connectivity index (χ1v) is 8.08. The van der Waals surface area contributed by atoms with Gasteiger partial charge in [-0.25, -0.2) is 18.2 Å². The van der Waals surface area contributed by atoms with Crippen LogP contribution in [-0.2, 0) is 6.54 Å². The lowest BCUT2D eigenvalue weighted by atomic mass is 10.2. The highest BCUT2D eigenvalue weighted by atomic mass is 32.2. The fraction of sp³-hybridized carbons (Fsp3) is 0.133. The van der Waals surface area contributed by atoms with Crippen LogP contribution in [0.1, 0.15) is 5.56 Å². The number of anilines is 2. The average Bonchev–Trinajstić information content (AvgIpc) is 2.62. The SMILES string of the molecule is CN=CC(=CN)Nc1ncc(F)c(NCc2c(F)cc(SN)cc2F)n1. The molecule has 0 saturated carbocycles. The maximum atomic E-state index is 14.0. The largest absolute Gasteiger partial charge is 0.403 e. The Hall–Kier alpha value is -2.79. The minimum Gasteiger partial charge on any atom is -0.403 e. The smallest absolute Gasteiger partial charge is 0.229 e. The molecule has 2 rings (SSSR count). The Bertz CT molecular complexity index is 819. The van der Waals surface area contributed by atoms with Gasteiger partial charge in [0.05, 0.1) is 11.9 Å². The van der Waals surface area contributed by atoms with E-state index in [2.05, 4.69) is 25.6 Å². The molecular weight excluding hydrogens is 367 g/mol. The number of aliphatic imine (C=N–C) groups is 1. The van der Waals surface area contributed by atoms with Gasteiger partial charge < -0.3 is 16.4 Å². The van der Waals surface area contributed by atoms with Crippen LogP contribution in [0.25, 0.3) is 0 Å². The second kappa shape index (κ2) is 9.06. The van der Waals surface area contributed by atoms with E-state index in [0.717, 1.165) is 30.3 Å². The third-order valence-electron chi connectivity index (χ3n) is 3.13. The van der Waals surface area contributed by atoms with Gasteiger partial charge in [-0.1, -0.05) is 0 Å². The molecule has 6 N–H and O–H groups in total. The molecule has 0 atom stereocenters. The van der Waals surface area contributed by atoms with Crippen LogP contribution in [0.3, 0.4) is 0 Å². The van der Waals surface area contributed by atoms with Gasteiger partial charge in [-0.2, -0.15) is 4.98 Å². The van der Waals surface area contributed by atoms with E-state index in [1.807, 2.05) is 0 Å². The van der Waals surface area contributed by atoms with Crippen LogP contribution >= 0.6 is 11.9 Å². The number of hydrogen-bond acceptors (Lipinski definition) is 8. The summed E-state index contributed by atoms with van der Waals surface area (Å²) in [5, 5.41) is 10.6. The molecule has 0 aliphatic rings. The van der Waals surface area contributed by atoms with Gasteiger partial charge >= 0.3 is 0 Å². The Morgan fingerprint density at radius 2 is 1.96 bits per heavy atom. The number of rotatable bonds is 7. The topological polar surface area (TPSA) is 114 Å². The van der Waals surface area contributed by atoms with Gasteiger partial charge in [-0.3, -0.25) is 10.1 Å². The van der Waals surface area contributed by atoms with Gasteiger partial charge in [-0.15, -0.1) is 0 Å². The summed E-state index contributed by atoms with van der Waals surface area (Å²) in [5.74, 6) is -2.59. The molecule has 0 amide bonds. The summed E-state index contributed by atoms with van der Waals surface area (Å²) < 4.78 is 41.8. The van der Waals surface area contributed by atoms with Crippen molar-refractivity contribution >= 4 is 29.9 Å². The second-order valence-corrected chi connectivity index (χ2v) is 5.57. The van der Waals surface area contributed by atoms with Crippen molar-refractivity contribution in [1.29, 1.82) is 0 Å². The number of benzene rings is 1. The lowest BCUT2D eigenvalue weighted by molar-refractivity contribution is 0.553. The van der Waals surface area contributed by atoms with Gasteiger partial charge in [0.2, 0.25) is 5.95 Å².